The van der Waals surface area contributed by atoms with Gasteiger partial charge in [-0.15, -0.1) is 0 Å². The van der Waals surface area contributed by atoms with Crippen LogP contribution in [0, 0.1) is 10.7 Å². The fourth-order valence-electron chi connectivity index (χ4n) is 3.44. The topological polar surface area (TPSA) is 43.1 Å². The Balaban J connectivity index is 1.79. The van der Waals surface area contributed by atoms with E-state index in [1.165, 1.54) is 0 Å². The molecule has 1 aromatic heterocycles. The summed E-state index contributed by atoms with van der Waals surface area (Å²) in [6.45, 7) is 7.42. The van der Waals surface area contributed by atoms with Gasteiger partial charge in [0.1, 0.15) is 0 Å². The first-order valence-corrected chi connectivity index (χ1v) is 10.5. The van der Waals surface area contributed by atoms with Crippen LogP contribution in [-0.4, -0.2) is 38.2 Å². The molecule has 1 saturated heterocycles. The van der Waals surface area contributed by atoms with Crippen molar-refractivity contribution in [1.82, 2.24) is 19.2 Å². The molecule has 1 atom stereocenters. The third-order valence-corrected chi connectivity index (χ3v) is 5.76. The van der Waals surface area contributed by atoms with E-state index < -0.39 is 0 Å². The van der Waals surface area contributed by atoms with Gasteiger partial charge in [-0.25, -0.2) is 4.68 Å². The minimum absolute atomic E-state index is 0.192. The molecule has 27 heavy (non-hydrogen) atoms. The maximum atomic E-state index is 12.5. The van der Waals surface area contributed by atoms with Crippen molar-refractivity contribution in [2.45, 2.75) is 52.6 Å². The monoisotopic (exact) mass is 406 g/mol. The zero-order valence-corrected chi connectivity index (χ0v) is 17.6. The van der Waals surface area contributed by atoms with Crippen molar-refractivity contribution >= 4 is 29.7 Å². The number of carbonyl (C=O) groups excluding carboxylic acids is 1. The Morgan fingerprint density at radius 2 is 2.04 bits per heavy atom. The average Bonchev–Trinajstić information content (AvgIpc) is 3.22. The van der Waals surface area contributed by atoms with Crippen LogP contribution in [0.2, 0.25) is 5.02 Å². The normalized spacial score (nSPS) is 16.9. The van der Waals surface area contributed by atoms with E-state index in [2.05, 4.69) is 18.4 Å². The van der Waals surface area contributed by atoms with Gasteiger partial charge in [0, 0.05) is 36.6 Å². The summed E-state index contributed by atoms with van der Waals surface area (Å²) in [4.78, 5) is 14.4. The Hall–Kier alpha value is -1.66. The van der Waals surface area contributed by atoms with Gasteiger partial charge in [-0.05, 0) is 55.2 Å². The standard InChI is InChI=1S/C20H27ClN4OS/c1-3-4-11-24-19(16-5-7-17(21)8-6-16)22-25(20(24)27)13-10-18(26)23-12-9-15(2)14-23/h5-8,15H,3-4,9-14H2,1-2H3. The van der Waals surface area contributed by atoms with E-state index in [1.54, 1.807) is 4.68 Å². The lowest BCUT2D eigenvalue weighted by molar-refractivity contribution is -0.130. The molecule has 0 bridgehead atoms. The second kappa shape index (κ2) is 9.02. The van der Waals surface area contributed by atoms with E-state index in [-0.39, 0.29) is 5.91 Å². The highest BCUT2D eigenvalue weighted by Crippen LogP contribution is 2.22. The van der Waals surface area contributed by atoms with Crippen LogP contribution in [0.15, 0.2) is 24.3 Å². The first kappa shape index (κ1) is 20.1. The summed E-state index contributed by atoms with van der Waals surface area (Å²) >= 11 is 11.7. The molecule has 0 aliphatic carbocycles. The Morgan fingerprint density at radius 3 is 2.67 bits per heavy atom. The molecule has 3 rings (SSSR count). The van der Waals surface area contributed by atoms with Gasteiger partial charge in [-0.1, -0.05) is 31.9 Å². The predicted molar refractivity (Wildman–Crippen MR) is 111 cm³/mol. The number of benzene rings is 1. The number of aromatic nitrogens is 3. The third kappa shape index (κ3) is 4.79. The molecule has 1 aliphatic heterocycles. The van der Waals surface area contributed by atoms with E-state index in [9.17, 15) is 4.79 Å². The summed E-state index contributed by atoms with van der Waals surface area (Å²) in [7, 11) is 0. The fourth-order valence-corrected chi connectivity index (χ4v) is 3.87. The van der Waals surface area contributed by atoms with Gasteiger partial charge in [0.25, 0.3) is 0 Å². The van der Waals surface area contributed by atoms with E-state index >= 15 is 0 Å². The van der Waals surface area contributed by atoms with Crippen LogP contribution in [0.1, 0.15) is 39.5 Å². The predicted octanol–water partition coefficient (Wildman–Crippen LogP) is 4.79. The van der Waals surface area contributed by atoms with Crippen molar-refractivity contribution in [2.24, 2.45) is 5.92 Å². The molecule has 0 N–H and O–H groups in total. The number of halogens is 1. The highest BCUT2D eigenvalue weighted by Gasteiger charge is 2.23. The summed E-state index contributed by atoms with van der Waals surface area (Å²) < 4.78 is 4.55. The lowest BCUT2D eigenvalue weighted by Gasteiger charge is -2.15. The van der Waals surface area contributed by atoms with E-state index in [1.807, 2.05) is 29.2 Å². The van der Waals surface area contributed by atoms with E-state index in [0.29, 0.717) is 28.7 Å². The molecule has 1 amide bonds. The van der Waals surface area contributed by atoms with Crippen LogP contribution in [0.25, 0.3) is 11.4 Å². The SMILES string of the molecule is CCCCn1c(-c2ccc(Cl)cc2)nn(CCC(=O)N2CCC(C)C2)c1=S. The minimum Gasteiger partial charge on any atom is -0.342 e. The van der Waals surface area contributed by atoms with Crippen molar-refractivity contribution in [2.75, 3.05) is 13.1 Å². The number of carbonyl (C=O) groups is 1. The van der Waals surface area contributed by atoms with Gasteiger partial charge < -0.3 is 4.90 Å². The van der Waals surface area contributed by atoms with Crippen LogP contribution in [0.3, 0.4) is 0 Å². The zero-order chi connectivity index (χ0) is 19.4. The van der Waals surface area contributed by atoms with Crippen molar-refractivity contribution in [3.05, 3.63) is 34.1 Å². The Morgan fingerprint density at radius 1 is 1.30 bits per heavy atom. The number of hydrogen-bond donors (Lipinski definition) is 0. The number of unbranched alkanes of at least 4 members (excludes halogenated alkanes) is 1. The van der Waals surface area contributed by atoms with E-state index in [0.717, 1.165) is 50.3 Å². The van der Waals surface area contributed by atoms with Gasteiger partial charge in [-0.3, -0.25) is 9.36 Å². The summed E-state index contributed by atoms with van der Waals surface area (Å²) in [5, 5.41) is 5.43. The molecule has 146 valence electrons. The molecule has 2 heterocycles. The molecular weight excluding hydrogens is 380 g/mol. The summed E-state index contributed by atoms with van der Waals surface area (Å²) in [5.74, 6) is 1.63. The first-order chi connectivity index (χ1) is 13.0. The highest BCUT2D eigenvalue weighted by atomic mass is 35.5. The van der Waals surface area contributed by atoms with Crippen LogP contribution < -0.4 is 0 Å². The molecule has 1 fully saturated rings. The molecule has 2 aromatic rings. The van der Waals surface area contributed by atoms with Crippen molar-refractivity contribution in [1.29, 1.82) is 0 Å². The summed E-state index contributed by atoms with van der Waals surface area (Å²) in [5.41, 5.74) is 0.986. The molecular formula is C20H27ClN4OS. The van der Waals surface area contributed by atoms with Gasteiger partial charge in [-0.2, -0.15) is 5.10 Å². The maximum absolute atomic E-state index is 12.5. The summed E-state index contributed by atoms with van der Waals surface area (Å²) in [6.07, 6.45) is 3.65. The van der Waals surface area contributed by atoms with Gasteiger partial charge in [0.05, 0.1) is 6.54 Å². The number of aryl methyl sites for hydroxylation is 1. The van der Waals surface area contributed by atoms with E-state index in [4.69, 9.17) is 28.9 Å². The quantitative estimate of drug-likeness (QED) is 0.620. The zero-order valence-electron chi connectivity index (χ0n) is 16.0. The minimum atomic E-state index is 0.192. The van der Waals surface area contributed by atoms with Gasteiger partial charge in [0.2, 0.25) is 5.91 Å². The number of rotatable bonds is 7. The lowest BCUT2D eigenvalue weighted by atomic mass is 10.2. The van der Waals surface area contributed by atoms with Crippen LogP contribution in [0.4, 0.5) is 0 Å². The van der Waals surface area contributed by atoms with Crippen molar-refractivity contribution in [3.8, 4) is 11.4 Å². The molecule has 0 saturated carbocycles. The average molecular weight is 407 g/mol. The first-order valence-electron chi connectivity index (χ1n) is 9.71. The molecule has 1 unspecified atom stereocenters. The number of likely N-dealkylation sites (tertiary alicyclic amines) is 1. The Kier molecular flexibility index (Phi) is 6.71. The number of nitrogens with zero attached hydrogens (tertiary/aromatic N) is 4. The van der Waals surface area contributed by atoms with Crippen LogP contribution >= 0.6 is 23.8 Å². The van der Waals surface area contributed by atoms with Crippen LogP contribution in [0.5, 0.6) is 0 Å². The van der Waals surface area contributed by atoms with Crippen molar-refractivity contribution in [3.63, 3.8) is 0 Å². The molecule has 5 nitrogen and oxygen atoms in total. The molecule has 0 spiro atoms. The highest BCUT2D eigenvalue weighted by molar-refractivity contribution is 7.71. The molecule has 1 aromatic carbocycles. The number of hydrogen-bond acceptors (Lipinski definition) is 3. The smallest absolute Gasteiger partial charge is 0.224 e. The van der Waals surface area contributed by atoms with Crippen molar-refractivity contribution < 1.29 is 4.79 Å². The Bertz CT molecular complexity index is 843. The lowest BCUT2D eigenvalue weighted by Crippen LogP contribution is -2.29. The van der Waals surface area contributed by atoms with Crippen LogP contribution in [-0.2, 0) is 17.9 Å². The third-order valence-electron chi connectivity index (χ3n) is 5.07. The van der Waals surface area contributed by atoms with Gasteiger partial charge >= 0.3 is 0 Å². The fraction of sp³-hybridized carbons (Fsp3) is 0.550. The molecule has 1 aliphatic rings. The molecule has 7 heteroatoms. The largest absolute Gasteiger partial charge is 0.342 e. The van der Waals surface area contributed by atoms with Gasteiger partial charge in [0.15, 0.2) is 10.6 Å². The second-order valence-corrected chi connectivity index (χ2v) is 8.13. The number of amides is 1. The summed E-state index contributed by atoms with van der Waals surface area (Å²) in [6, 6.07) is 7.65. The second-order valence-electron chi connectivity index (χ2n) is 7.33. The Labute approximate surface area is 170 Å². The molecule has 0 radical (unpaired) electrons. The maximum Gasteiger partial charge on any atom is 0.224 e.